The van der Waals surface area contributed by atoms with E-state index in [-0.39, 0.29) is 5.56 Å². The van der Waals surface area contributed by atoms with Crippen molar-refractivity contribution in [2.75, 3.05) is 5.73 Å². The van der Waals surface area contributed by atoms with Crippen LogP contribution in [0.25, 0.3) is 22.0 Å². The van der Waals surface area contributed by atoms with Gasteiger partial charge in [-0.1, -0.05) is 35.9 Å². The summed E-state index contributed by atoms with van der Waals surface area (Å²) in [7, 11) is 0. The number of H-pyrrole nitrogens is 1. The molecule has 0 aliphatic heterocycles. The van der Waals surface area contributed by atoms with Crippen molar-refractivity contribution in [2.24, 2.45) is 0 Å². The molecule has 1 heterocycles. The Morgan fingerprint density at radius 3 is 2.58 bits per heavy atom. The highest BCUT2D eigenvalue weighted by Gasteiger charge is 2.08. The molecule has 3 nitrogen and oxygen atoms in total. The Morgan fingerprint density at radius 1 is 1.00 bits per heavy atom. The molecule has 0 unspecified atom stereocenters. The number of nitrogen functional groups attached to an aromatic ring is 1. The summed E-state index contributed by atoms with van der Waals surface area (Å²) in [5, 5.41) is 1.51. The number of fused-ring (bicyclic) bond motifs is 1. The summed E-state index contributed by atoms with van der Waals surface area (Å²) in [6.07, 6.45) is 0. The summed E-state index contributed by atoms with van der Waals surface area (Å²) in [6.45, 7) is 0. The summed E-state index contributed by atoms with van der Waals surface area (Å²) in [6, 6.07) is 14.5. The van der Waals surface area contributed by atoms with Crippen molar-refractivity contribution in [1.29, 1.82) is 0 Å². The van der Waals surface area contributed by atoms with Crippen LogP contribution in [0.5, 0.6) is 0 Å². The van der Waals surface area contributed by atoms with Crippen molar-refractivity contribution in [1.82, 2.24) is 4.98 Å². The first-order valence-corrected chi connectivity index (χ1v) is 6.20. The molecule has 0 atom stereocenters. The lowest BCUT2D eigenvalue weighted by Crippen LogP contribution is -2.09. The Kier molecular flexibility index (Phi) is 2.76. The zero-order valence-electron chi connectivity index (χ0n) is 9.98. The van der Waals surface area contributed by atoms with E-state index in [2.05, 4.69) is 4.98 Å². The van der Waals surface area contributed by atoms with Gasteiger partial charge in [0.2, 0.25) is 0 Å². The number of nitrogens with two attached hydrogens (primary N) is 1. The molecule has 2 aromatic carbocycles. The van der Waals surface area contributed by atoms with Gasteiger partial charge in [-0.05, 0) is 29.7 Å². The van der Waals surface area contributed by atoms with Crippen molar-refractivity contribution in [3.63, 3.8) is 0 Å². The molecule has 4 heteroatoms. The fraction of sp³-hybridized carbons (Fsp3) is 0. The van der Waals surface area contributed by atoms with E-state index in [9.17, 15) is 4.79 Å². The van der Waals surface area contributed by atoms with Crippen molar-refractivity contribution >= 4 is 28.2 Å². The quantitative estimate of drug-likeness (QED) is 0.666. The van der Waals surface area contributed by atoms with Gasteiger partial charge in [0.15, 0.2) is 0 Å². The van der Waals surface area contributed by atoms with Crippen molar-refractivity contribution in [3.05, 3.63) is 63.9 Å². The first-order valence-electron chi connectivity index (χ1n) is 5.82. The summed E-state index contributed by atoms with van der Waals surface area (Å²) >= 11 is 5.91. The maximum Gasteiger partial charge on any atom is 0.256 e. The van der Waals surface area contributed by atoms with E-state index in [1.165, 1.54) is 0 Å². The summed E-state index contributed by atoms with van der Waals surface area (Å²) < 4.78 is 0. The second-order valence-corrected chi connectivity index (χ2v) is 4.77. The second kappa shape index (κ2) is 4.44. The maximum atomic E-state index is 12.1. The number of rotatable bonds is 1. The smallest absolute Gasteiger partial charge is 0.256 e. The van der Waals surface area contributed by atoms with E-state index in [0.29, 0.717) is 16.3 Å². The average Bonchev–Trinajstić information content (AvgIpc) is 2.39. The number of hydrogen-bond acceptors (Lipinski definition) is 2. The van der Waals surface area contributed by atoms with Crippen molar-refractivity contribution in [2.45, 2.75) is 0 Å². The zero-order chi connectivity index (χ0) is 13.4. The van der Waals surface area contributed by atoms with Crippen LogP contribution >= 0.6 is 11.6 Å². The van der Waals surface area contributed by atoms with Crippen LogP contribution < -0.4 is 11.3 Å². The first-order chi connectivity index (χ1) is 9.15. The van der Waals surface area contributed by atoms with Gasteiger partial charge in [0.1, 0.15) is 0 Å². The normalized spacial score (nSPS) is 10.8. The number of benzene rings is 2. The maximum absolute atomic E-state index is 12.1. The number of anilines is 1. The molecule has 0 bridgehead atoms. The minimum Gasteiger partial charge on any atom is -0.398 e. The van der Waals surface area contributed by atoms with E-state index in [1.54, 1.807) is 18.2 Å². The molecular formula is C15H11ClN2O. The predicted molar refractivity (Wildman–Crippen MR) is 79.4 cm³/mol. The van der Waals surface area contributed by atoms with E-state index >= 15 is 0 Å². The molecule has 19 heavy (non-hydrogen) atoms. The average molecular weight is 271 g/mol. The van der Waals surface area contributed by atoms with Crippen LogP contribution in [0.3, 0.4) is 0 Å². The standard InChI is InChI=1S/C15H11ClN2O/c16-10-6-5-9-7-12(15(19)18-14(9)8-10)11-3-1-2-4-13(11)17/h1-8H,17H2,(H,18,19). The Balaban J connectivity index is 2.31. The third-order valence-electron chi connectivity index (χ3n) is 3.06. The van der Waals surface area contributed by atoms with Gasteiger partial charge < -0.3 is 10.7 Å². The molecule has 3 N–H and O–H groups in total. The van der Waals surface area contributed by atoms with Crippen LogP contribution in [-0.2, 0) is 0 Å². The Labute approximate surface area is 114 Å². The molecule has 0 saturated heterocycles. The highest BCUT2D eigenvalue weighted by Crippen LogP contribution is 2.25. The van der Waals surface area contributed by atoms with Gasteiger partial charge in [-0.2, -0.15) is 0 Å². The molecule has 0 aliphatic carbocycles. The molecular weight excluding hydrogens is 260 g/mol. The topological polar surface area (TPSA) is 58.9 Å². The number of aromatic nitrogens is 1. The second-order valence-electron chi connectivity index (χ2n) is 4.33. The minimum absolute atomic E-state index is 0.173. The molecule has 0 spiro atoms. The minimum atomic E-state index is -0.173. The van der Waals surface area contributed by atoms with Crippen LogP contribution in [0, 0.1) is 0 Å². The molecule has 1 aromatic heterocycles. The molecule has 3 aromatic rings. The van der Waals surface area contributed by atoms with E-state index in [4.69, 9.17) is 17.3 Å². The van der Waals surface area contributed by atoms with Crippen molar-refractivity contribution < 1.29 is 0 Å². The van der Waals surface area contributed by atoms with E-state index in [1.807, 2.05) is 30.3 Å². The van der Waals surface area contributed by atoms with Crippen LogP contribution in [0.4, 0.5) is 5.69 Å². The molecule has 94 valence electrons. The van der Waals surface area contributed by atoms with Gasteiger partial charge in [0.05, 0.1) is 0 Å². The molecule has 0 aliphatic rings. The van der Waals surface area contributed by atoms with Gasteiger partial charge in [-0.3, -0.25) is 4.79 Å². The number of pyridine rings is 1. The van der Waals surface area contributed by atoms with Gasteiger partial charge in [0.25, 0.3) is 5.56 Å². The van der Waals surface area contributed by atoms with Gasteiger partial charge in [-0.25, -0.2) is 0 Å². The zero-order valence-corrected chi connectivity index (χ0v) is 10.7. The number of aromatic amines is 1. The van der Waals surface area contributed by atoms with Gasteiger partial charge in [0, 0.05) is 27.4 Å². The third-order valence-corrected chi connectivity index (χ3v) is 3.29. The number of hydrogen-bond donors (Lipinski definition) is 2. The lowest BCUT2D eigenvalue weighted by molar-refractivity contribution is 1.31. The highest BCUT2D eigenvalue weighted by atomic mass is 35.5. The predicted octanol–water partition coefficient (Wildman–Crippen LogP) is 3.43. The fourth-order valence-electron chi connectivity index (χ4n) is 2.12. The SMILES string of the molecule is Nc1ccccc1-c1cc2ccc(Cl)cc2[nH]c1=O. The largest absolute Gasteiger partial charge is 0.398 e. The summed E-state index contributed by atoms with van der Waals surface area (Å²) in [5.41, 5.74) is 8.34. The van der Waals surface area contributed by atoms with Crippen LogP contribution in [-0.4, -0.2) is 4.98 Å². The first kappa shape index (κ1) is 11.8. The van der Waals surface area contributed by atoms with Crippen LogP contribution in [0.15, 0.2) is 53.3 Å². The van der Waals surface area contributed by atoms with Crippen molar-refractivity contribution in [3.8, 4) is 11.1 Å². The Hall–Kier alpha value is -2.26. The number of para-hydroxylation sites is 1. The summed E-state index contributed by atoms with van der Waals surface area (Å²) in [4.78, 5) is 15.0. The molecule has 0 fully saturated rings. The molecule has 0 saturated carbocycles. The molecule has 0 radical (unpaired) electrons. The number of nitrogens with one attached hydrogen (secondary N) is 1. The molecule has 3 rings (SSSR count). The van der Waals surface area contributed by atoms with Crippen LogP contribution in [0.2, 0.25) is 5.02 Å². The Bertz CT molecular complexity index is 824. The Morgan fingerprint density at radius 2 is 1.79 bits per heavy atom. The van der Waals surface area contributed by atoms with Gasteiger partial charge >= 0.3 is 0 Å². The monoisotopic (exact) mass is 270 g/mol. The van der Waals surface area contributed by atoms with E-state index in [0.717, 1.165) is 16.5 Å². The fourth-order valence-corrected chi connectivity index (χ4v) is 2.29. The summed E-state index contributed by atoms with van der Waals surface area (Å²) in [5.74, 6) is 0. The third kappa shape index (κ3) is 2.09. The highest BCUT2D eigenvalue weighted by molar-refractivity contribution is 6.31. The van der Waals surface area contributed by atoms with Crippen LogP contribution in [0.1, 0.15) is 0 Å². The van der Waals surface area contributed by atoms with E-state index < -0.39 is 0 Å². The number of halogens is 1. The molecule has 0 amide bonds. The van der Waals surface area contributed by atoms with Gasteiger partial charge in [-0.15, -0.1) is 0 Å². The lowest BCUT2D eigenvalue weighted by Gasteiger charge is -2.06. The lowest BCUT2D eigenvalue weighted by atomic mass is 10.0.